The third-order valence-electron chi connectivity index (χ3n) is 3.28. The van der Waals surface area contributed by atoms with E-state index in [-0.39, 0.29) is 11.9 Å². The van der Waals surface area contributed by atoms with Gasteiger partial charge in [-0.1, -0.05) is 18.2 Å². The van der Waals surface area contributed by atoms with E-state index in [9.17, 15) is 4.79 Å². The predicted octanol–water partition coefficient (Wildman–Crippen LogP) is 2.47. The Labute approximate surface area is 127 Å². The largest absolute Gasteiger partial charge is 0.496 e. The van der Waals surface area contributed by atoms with Crippen molar-refractivity contribution in [2.24, 2.45) is 0 Å². The molecule has 0 N–H and O–H groups in total. The minimum absolute atomic E-state index is 0.0230. The van der Waals surface area contributed by atoms with E-state index >= 15 is 0 Å². The average molecular weight is 289 g/mol. The SMILES string of the molecule is C#CCCC(=O)N(Cc1ccccc1OC)[C@@H](C)COC. The summed E-state index contributed by atoms with van der Waals surface area (Å²) in [5, 5.41) is 0. The van der Waals surface area contributed by atoms with E-state index in [1.807, 2.05) is 31.2 Å². The van der Waals surface area contributed by atoms with E-state index in [1.165, 1.54) is 0 Å². The third kappa shape index (κ3) is 5.13. The summed E-state index contributed by atoms with van der Waals surface area (Å²) in [7, 11) is 3.26. The van der Waals surface area contributed by atoms with Crippen LogP contribution in [0.5, 0.6) is 5.75 Å². The lowest BCUT2D eigenvalue weighted by molar-refractivity contribution is -0.134. The zero-order valence-electron chi connectivity index (χ0n) is 13.0. The number of hydrogen-bond donors (Lipinski definition) is 0. The molecule has 0 fully saturated rings. The Morgan fingerprint density at radius 3 is 2.71 bits per heavy atom. The number of terminal acetylenes is 1. The number of methoxy groups -OCH3 is 2. The summed E-state index contributed by atoms with van der Waals surface area (Å²) in [5.74, 6) is 3.31. The van der Waals surface area contributed by atoms with Gasteiger partial charge >= 0.3 is 0 Å². The molecule has 1 amide bonds. The van der Waals surface area contributed by atoms with Crippen LogP contribution in [0.2, 0.25) is 0 Å². The summed E-state index contributed by atoms with van der Waals surface area (Å²) in [6.45, 7) is 2.93. The predicted molar refractivity (Wildman–Crippen MR) is 82.9 cm³/mol. The minimum atomic E-state index is -0.0230. The van der Waals surface area contributed by atoms with Gasteiger partial charge in [0.1, 0.15) is 5.75 Å². The van der Waals surface area contributed by atoms with Gasteiger partial charge in [0, 0.05) is 32.1 Å². The number of benzene rings is 1. The maximum absolute atomic E-state index is 12.4. The van der Waals surface area contributed by atoms with Crippen molar-refractivity contribution < 1.29 is 14.3 Å². The molecule has 4 heteroatoms. The molecule has 0 radical (unpaired) electrons. The van der Waals surface area contributed by atoms with Gasteiger partial charge in [0.25, 0.3) is 0 Å². The molecule has 0 aliphatic carbocycles. The first kappa shape index (κ1) is 17.1. The summed E-state index contributed by atoms with van der Waals surface area (Å²) in [5.41, 5.74) is 0.969. The van der Waals surface area contributed by atoms with Crippen LogP contribution in [0.1, 0.15) is 25.3 Å². The third-order valence-corrected chi connectivity index (χ3v) is 3.28. The molecule has 1 atom stereocenters. The number of para-hydroxylation sites is 1. The fourth-order valence-electron chi connectivity index (χ4n) is 2.16. The molecular weight excluding hydrogens is 266 g/mol. The van der Waals surface area contributed by atoms with Crippen LogP contribution in [-0.2, 0) is 16.1 Å². The summed E-state index contributed by atoms with van der Waals surface area (Å²) in [6, 6.07) is 7.67. The second-order valence-corrected chi connectivity index (χ2v) is 4.84. The highest BCUT2D eigenvalue weighted by Crippen LogP contribution is 2.21. The van der Waals surface area contributed by atoms with Crippen LogP contribution in [0.25, 0.3) is 0 Å². The van der Waals surface area contributed by atoms with Crippen molar-refractivity contribution in [3.63, 3.8) is 0 Å². The maximum Gasteiger partial charge on any atom is 0.224 e. The highest BCUT2D eigenvalue weighted by molar-refractivity contribution is 5.76. The van der Waals surface area contributed by atoms with Gasteiger partial charge in [-0.15, -0.1) is 12.3 Å². The van der Waals surface area contributed by atoms with E-state index < -0.39 is 0 Å². The number of carbonyl (C=O) groups is 1. The molecule has 1 rings (SSSR count). The molecule has 4 nitrogen and oxygen atoms in total. The number of nitrogens with zero attached hydrogens (tertiary/aromatic N) is 1. The van der Waals surface area contributed by atoms with Gasteiger partial charge in [0.05, 0.1) is 19.8 Å². The van der Waals surface area contributed by atoms with Crippen LogP contribution < -0.4 is 4.74 Å². The van der Waals surface area contributed by atoms with Gasteiger partial charge in [0.2, 0.25) is 5.91 Å². The maximum atomic E-state index is 12.4. The Bertz CT molecular complexity index is 493. The van der Waals surface area contributed by atoms with Crippen molar-refractivity contribution in [1.82, 2.24) is 4.90 Å². The standard InChI is InChI=1S/C17H23NO3/c1-5-6-11-17(19)18(14(2)13-20-3)12-15-9-7-8-10-16(15)21-4/h1,7-10,14H,6,11-13H2,2-4H3/t14-/m0/s1. The van der Waals surface area contributed by atoms with Crippen LogP contribution in [0.3, 0.4) is 0 Å². The molecule has 0 saturated carbocycles. The van der Waals surface area contributed by atoms with Gasteiger partial charge in [-0.25, -0.2) is 0 Å². The lowest BCUT2D eigenvalue weighted by Gasteiger charge is -2.29. The monoisotopic (exact) mass is 289 g/mol. The lowest BCUT2D eigenvalue weighted by Crippen LogP contribution is -2.40. The van der Waals surface area contributed by atoms with Crippen LogP contribution in [0.15, 0.2) is 24.3 Å². The molecule has 1 aromatic carbocycles. The van der Waals surface area contributed by atoms with Gasteiger partial charge < -0.3 is 14.4 Å². The van der Waals surface area contributed by atoms with Crippen molar-refractivity contribution in [3.8, 4) is 18.1 Å². The van der Waals surface area contributed by atoms with Gasteiger partial charge in [0.15, 0.2) is 0 Å². The summed E-state index contributed by atoms with van der Waals surface area (Å²) >= 11 is 0. The molecule has 0 aliphatic heterocycles. The van der Waals surface area contributed by atoms with E-state index in [0.717, 1.165) is 11.3 Å². The fraction of sp³-hybridized carbons (Fsp3) is 0.471. The summed E-state index contributed by atoms with van der Waals surface area (Å²) in [4.78, 5) is 14.1. The van der Waals surface area contributed by atoms with E-state index in [4.69, 9.17) is 15.9 Å². The van der Waals surface area contributed by atoms with Crippen molar-refractivity contribution in [3.05, 3.63) is 29.8 Å². The summed E-state index contributed by atoms with van der Waals surface area (Å²) in [6.07, 6.45) is 6.04. The van der Waals surface area contributed by atoms with Gasteiger partial charge in [-0.3, -0.25) is 4.79 Å². The van der Waals surface area contributed by atoms with Crippen LogP contribution in [0.4, 0.5) is 0 Å². The molecular formula is C17H23NO3. The van der Waals surface area contributed by atoms with Crippen LogP contribution in [0, 0.1) is 12.3 Å². The van der Waals surface area contributed by atoms with Crippen molar-refractivity contribution >= 4 is 5.91 Å². The molecule has 0 heterocycles. The Hall–Kier alpha value is -1.99. The molecule has 1 aromatic rings. The van der Waals surface area contributed by atoms with E-state index in [0.29, 0.717) is 26.0 Å². The number of rotatable bonds is 8. The van der Waals surface area contributed by atoms with Gasteiger partial charge in [-0.05, 0) is 13.0 Å². The average Bonchev–Trinajstić information content (AvgIpc) is 2.50. The topological polar surface area (TPSA) is 38.8 Å². The smallest absolute Gasteiger partial charge is 0.224 e. The highest BCUT2D eigenvalue weighted by Gasteiger charge is 2.21. The minimum Gasteiger partial charge on any atom is -0.496 e. The number of carbonyl (C=O) groups excluding carboxylic acids is 1. The number of amides is 1. The lowest BCUT2D eigenvalue weighted by atomic mass is 10.1. The molecule has 0 unspecified atom stereocenters. The van der Waals surface area contributed by atoms with E-state index in [1.54, 1.807) is 19.1 Å². The van der Waals surface area contributed by atoms with Crippen molar-refractivity contribution in [1.29, 1.82) is 0 Å². The van der Waals surface area contributed by atoms with E-state index in [2.05, 4.69) is 5.92 Å². The van der Waals surface area contributed by atoms with Crippen molar-refractivity contribution in [2.45, 2.75) is 32.4 Å². The normalized spacial score (nSPS) is 11.5. The molecule has 0 spiro atoms. The molecule has 0 aliphatic rings. The zero-order valence-corrected chi connectivity index (χ0v) is 13.0. The number of hydrogen-bond acceptors (Lipinski definition) is 3. The molecule has 0 saturated heterocycles. The first-order valence-electron chi connectivity index (χ1n) is 6.97. The first-order chi connectivity index (χ1) is 10.1. The second kappa shape index (κ2) is 9.04. The van der Waals surface area contributed by atoms with Gasteiger partial charge in [-0.2, -0.15) is 0 Å². The Morgan fingerprint density at radius 2 is 2.10 bits per heavy atom. The number of ether oxygens (including phenoxy) is 2. The Kier molecular flexibility index (Phi) is 7.34. The molecule has 21 heavy (non-hydrogen) atoms. The fourth-order valence-corrected chi connectivity index (χ4v) is 2.16. The van der Waals surface area contributed by atoms with Crippen LogP contribution >= 0.6 is 0 Å². The molecule has 0 bridgehead atoms. The zero-order chi connectivity index (χ0) is 15.7. The quantitative estimate of drug-likeness (QED) is 0.690. The summed E-state index contributed by atoms with van der Waals surface area (Å²) < 4.78 is 10.5. The van der Waals surface area contributed by atoms with Crippen molar-refractivity contribution in [2.75, 3.05) is 20.8 Å². The molecule has 114 valence electrons. The Morgan fingerprint density at radius 1 is 1.38 bits per heavy atom. The second-order valence-electron chi connectivity index (χ2n) is 4.84. The first-order valence-corrected chi connectivity index (χ1v) is 6.97. The highest BCUT2D eigenvalue weighted by atomic mass is 16.5. The van der Waals surface area contributed by atoms with Crippen LogP contribution in [-0.4, -0.2) is 37.7 Å². The Balaban J connectivity index is 2.90. The molecule has 0 aromatic heterocycles.